The van der Waals surface area contributed by atoms with E-state index in [2.05, 4.69) is 59.1 Å². The number of anilines is 1. The molecule has 266 valence electrons. The van der Waals surface area contributed by atoms with Crippen LogP contribution in [0.15, 0.2) is 48.9 Å². The molecule has 0 saturated carbocycles. The summed E-state index contributed by atoms with van der Waals surface area (Å²) in [6.45, 7) is 16.5. The first-order valence-corrected chi connectivity index (χ1v) is 20.1. The number of hydrogen-bond acceptors (Lipinski definition) is 11. The van der Waals surface area contributed by atoms with Crippen LogP contribution in [0, 0.1) is 5.82 Å². The van der Waals surface area contributed by atoms with Gasteiger partial charge in [0.05, 0.1) is 53.2 Å². The monoisotopic (exact) mass is 741 g/mol. The van der Waals surface area contributed by atoms with Crippen LogP contribution in [0.3, 0.4) is 0 Å². The zero-order valence-corrected chi connectivity index (χ0v) is 32.0. The fourth-order valence-electron chi connectivity index (χ4n) is 4.67. The van der Waals surface area contributed by atoms with Crippen LogP contribution in [-0.2, 0) is 9.16 Å². The molecule has 0 radical (unpaired) electrons. The Bertz CT molecular complexity index is 1990. The van der Waals surface area contributed by atoms with Gasteiger partial charge in [-0.3, -0.25) is 10.3 Å². The molecular weight excluding hydrogens is 701 g/mol. The summed E-state index contributed by atoms with van der Waals surface area (Å²) in [5, 5.41) is 4.60. The summed E-state index contributed by atoms with van der Waals surface area (Å²) >= 11 is 7.77. The number of hydrogen-bond donors (Lipinski definition) is 1. The third kappa shape index (κ3) is 8.78. The fraction of sp³-hybridized carbons (Fsp3) is 0.400. The van der Waals surface area contributed by atoms with Crippen LogP contribution in [0.1, 0.15) is 41.5 Å². The van der Waals surface area contributed by atoms with Crippen molar-refractivity contribution in [3.05, 3.63) is 59.8 Å². The van der Waals surface area contributed by atoms with E-state index < -0.39 is 32.4 Å². The van der Waals surface area contributed by atoms with E-state index in [9.17, 15) is 4.79 Å². The van der Waals surface area contributed by atoms with Gasteiger partial charge < -0.3 is 23.4 Å². The van der Waals surface area contributed by atoms with Gasteiger partial charge in [0.1, 0.15) is 29.6 Å². The molecule has 1 amide bonds. The third-order valence-corrected chi connectivity index (χ3v) is 14.4. The molecule has 2 aromatic carbocycles. The topological polar surface area (TPSA) is 127 Å². The minimum atomic E-state index is -1.93. The second kappa shape index (κ2) is 15.0. The van der Waals surface area contributed by atoms with Gasteiger partial charge in [-0.1, -0.05) is 32.4 Å². The molecule has 15 heteroatoms. The molecule has 50 heavy (non-hydrogen) atoms. The number of fused-ring (bicyclic) bond motifs is 2. The molecule has 0 spiro atoms. The van der Waals surface area contributed by atoms with E-state index in [0.29, 0.717) is 43.8 Å². The Morgan fingerprint density at radius 1 is 1.02 bits per heavy atom. The van der Waals surface area contributed by atoms with Crippen LogP contribution in [0.5, 0.6) is 17.5 Å². The number of nitrogens with zero attached hydrogens (tertiary/aromatic N) is 4. The Labute approximate surface area is 300 Å². The lowest BCUT2D eigenvalue weighted by Gasteiger charge is -2.38. The summed E-state index contributed by atoms with van der Waals surface area (Å²) in [4.78, 5) is 30.2. The molecular formula is C35H41ClFN5O6SSi. The van der Waals surface area contributed by atoms with Crippen LogP contribution in [0.2, 0.25) is 23.2 Å². The van der Waals surface area contributed by atoms with Crippen molar-refractivity contribution >= 4 is 64.2 Å². The van der Waals surface area contributed by atoms with Crippen molar-refractivity contribution in [2.24, 2.45) is 0 Å². The first-order valence-electron chi connectivity index (χ1n) is 16.0. The van der Waals surface area contributed by atoms with E-state index in [1.54, 1.807) is 45.4 Å². The Kier molecular flexibility index (Phi) is 11.2. The molecule has 5 rings (SSSR count). The normalized spacial score (nSPS) is 13.9. The van der Waals surface area contributed by atoms with Crippen LogP contribution >= 0.6 is 22.9 Å². The zero-order valence-electron chi connectivity index (χ0n) is 29.5. The van der Waals surface area contributed by atoms with E-state index in [-0.39, 0.29) is 22.9 Å². The van der Waals surface area contributed by atoms with Crippen LogP contribution < -0.4 is 19.5 Å². The fourth-order valence-corrected chi connectivity index (χ4v) is 7.32. The van der Waals surface area contributed by atoms with Crippen molar-refractivity contribution < 1.29 is 32.6 Å². The summed E-state index contributed by atoms with van der Waals surface area (Å²) in [5.41, 5.74) is 2.18. The van der Waals surface area contributed by atoms with Crippen LogP contribution in [0.4, 0.5) is 14.9 Å². The maximum Gasteiger partial charge on any atom is 0.412 e. The highest BCUT2D eigenvalue weighted by Crippen LogP contribution is 2.39. The van der Waals surface area contributed by atoms with Gasteiger partial charge in [-0.05, 0) is 57.1 Å². The number of benzene rings is 2. The Hall–Kier alpha value is -4.11. The lowest BCUT2D eigenvalue weighted by molar-refractivity contribution is 0.0402. The predicted molar refractivity (Wildman–Crippen MR) is 197 cm³/mol. The lowest BCUT2D eigenvalue weighted by atomic mass is 10.1. The van der Waals surface area contributed by atoms with E-state index in [0.717, 1.165) is 10.9 Å². The maximum absolute atomic E-state index is 15.2. The molecule has 0 saturated heterocycles. The number of rotatable bonds is 12. The largest absolute Gasteiger partial charge is 0.495 e. The number of nitrogens with one attached hydrogen (secondary N) is 1. The number of amides is 1. The number of ether oxygens (including phenoxy) is 4. The maximum atomic E-state index is 15.2. The van der Waals surface area contributed by atoms with E-state index in [4.69, 9.17) is 35.0 Å². The van der Waals surface area contributed by atoms with E-state index >= 15 is 4.39 Å². The highest BCUT2D eigenvalue weighted by Gasteiger charge is 2.38. The quantitative estimate of drug-likeness (QED) is 0.124. The molecule has 3 heterocycles. The van der Waals surface area contributed by atoms with Gasteiger partial charge in [0.2, 0.25) is 0 Å². The summed E-state index contributed by atoms with van der Waals surface area (Å²) in [5.74, 6) is 0.00549. The number of carbonyl (C=O) groups excluding carboxylic acids is 1. The van der Waals surface area contributed by atoms with Gasteiger partial charge in [0.15, 0.2) is 19.9 Å². The number of thiazole rings is 1. The molecule has 0 bridgehead atoms. The summed E-state index contributed by atoms with van der Waals surface area (Å²) in [6.07, 6.45) is 2.14. The van der Waals surface area contributed by atoms with Gasteiger partial charge in [0.25, 0.3) is 0 Å². The van der Waals surface area contributed by atoms with Crippen LogP contribution in [0.25, 0.3) is 31.7 Å². The third-order valence-electron chi connectivity index (χ3n) is 8.52. The highest BCUT2D eigenvalue weighted by molar-refractivity contribution is 7.21. The van der Waals surface area contributed by atoms with Gasteiger partial charge in [-0.2, -0.15) is 0 Å². The second-order valence-electron chi connectivity index (χ2n) is 13.5. The van der Waals surface area contributed by atoms with Crippen molar-refractivity contribution in [3.63, 3.8) is 0 Å². The minimum absolute atomic E-state index is 0.00268. The summed E-state index contributed by atoms with van der Waals surface area (Å²) < 4.78 is 44.6. The van der Waals surface area contributed by atoms with E-state index in [1.165, 1.54) is 29.8 Å². The van der Waals surface area contributed by atoms with Crippen molar-refractivity contribution in [1.29, 1.82) is 0 Å². The Balaban J connectivity index is 1.17. The molecule has 3 aromatic heterocycles. The van der Waals surface area contributed by atoms with Crippen molar-refractivity contribution in [1.82, 2.24) is 19.9 Å². The second-order valence-corrected chi connectivity index (χ2v) is 19.7. The molecule has 3 atom stereocenters. The smallest absolute Gasteiger partial charge is 0.412 e. The number of carbonyl (C=O) groups is 1. The number of methoxy groups -OCH3 is 1. The van der Waals surface area contributed by atoms with Crippen molar-refractivity contribution in [2.45, 2.75) is 78.0 Å². The number of aromatic nitrogens is 4. The molecule has 5 aromatic rings. The van der Waals surface area contributed by atoms with Gasteiger partial charge in [0, 0.05) is 28.1 Å². The van der Waals surface area contributed by atoms with Crippen LogP contribution in [-0.4, -0.2) is 66.4 Å². The SMILES string of the molecule is COc1cnc2c(-c3nc4cc(F)c(O[C@@H](C)[C@@H](C)OC(=O)Nc5cnc(OC[C@@H](C)O[Si](C)(C)C(C)(C)C)nc5)cc4s3)cc(Cl)cc2c1. The highest BCUT2D eigenvalue weighted by atomic mass is 35.5. The Morgan fingerprint density at radius 2 is 1.74 bits per heavy atom. The lowest BCUT2D eigenvalue weighted by Crippen LogP contribution is -2.44. The molecule has 0 unspecified atom stereocenters. The molecule has 0 aliphatic heterocycles. The molecule has 0 fully saturated rings. The summed E-state index contributed by atoms with van der Waals surface area (Å²) in [6, 6.07) is 8.48. The van der Waals surface area contributed by atoms with Crippen molar-refractivity contribution in [2.75, 3.05) is 19.0 Å². The molecule has 1 N–H and O–H groups in total. The average molecular weight is 742 g/mol. The first kappa shape index (κ1) is 37.1. The average Bonchev–Trinajstić information content (AvgIpc) is 3.45. The standard InChI is InChI=1S/C35H41ClFN5O6SSi/c1-19(48-50(8,9)35(4,5)6)18-45-33-39-15-24(16-40-33)41-34(43)47-21(3)20(2)46-29-14-30-28(13-27(29)37)42-32(49-30)26-12-23(36)10-22-11-25(44-7)17-38-31(22)26/h10-17,19-21H,18H2,1-9H3,(H,41,43)/t19-,20+,21-/m1/s1. The molecule has 0 aliphatic carbocycles. The van der Waals surface area contributed by atoms with Gasteiger partial charge in [-0.25, -0.2) is 24.1 Å². The van der Waals surface area contributed by atoms with Gasteiger partial charge >= 0.3 is 12.1 Å². The zero-order chi connectivity index (χ0) is 36.4. The summed E-state index contributed by atoms with van der Waals surface area (Å²) in [7, 11) is -0.366. The number of halogens is 2. The van der Waals surface area contributed by atoms with Gasteiger partial charge in [-0.15, -0.1) is 11.3 Å². The predicted octanol–water partition coefficient (Wildman–Crippen LogP) is 9.30. The number of pyridine rings is 1. The first-order chi connectivity index (χ1) is 23.5. The minimum Gasteiger partial charge on any atom is -0.495 e. The van der Waals surface area contributed by atoms with E-state index in [1.807, 2.05) is 13.0 Å². The molecule has 11 nitrogen and oxygen atoms in total. The van der Waals surface area contributed by atoms with Crippen molar-refractivity contribution in [3.8, 4) is 28.1 Å². The molecule has 0 aliphatic rings. The Morgan fingerprint density at radius 3 is 2.42 bits per heavy atom.